The van der Waals surface area contributed by atoms with Crippen molar-refractivity contribution in [3.63, 3.8) is 0 Å². The Morgan fingerprint density at radius 1 is 1.10 bits per heavy atom. The molecule has 7 heteroatoms. The molecule has 0 aliphatic heterocycles. The van der Waals surface area contributed by atoms with Crippen LogP contribution in [0.2, 0.25) is 10.0 Å². The molecule has 0 heterocycles. The van der Waals surface area contributed by atoms with Crippen molar-refractivity contribution in [2.75, 3.05) is 0 Å². The van der Waals surface area contributed by atoms with E-state index in [4.69, 9.17) is 23.2 Å². The lowest BCUT2D eigenvalue weighted by molar-refractivity contribution is -0.140. The van der Waals surface area contributed by atoms with Crippen molar-refractivity contribution in [2.24, 2.45) is 0 Å². The van der Waals surface area contributed by atoms with Gasteiger partial charge in [-0.2, -0.15) is 0 Å². The van der Waals surface area contributed by atoms with Crippen LogP contribution in [-0.4, -0.2) is 28.3 Å². The Kier molecular flexibility index (Phi) is 7.66. The first-order valence-electron chi connectivity index (χ1n) is 9.27. The van der Waals surface area contributed by atoms with E-state index < -0.39 is 17.4 Å². The summed E-state index contributed by atoms with van der Waals surface area (Å²) in [5, 5.41) is 3.61. The van der Waals surface area contributed by atoms with Crippen molar-refractivity contribution in [3.8, 4) is 0 Å². The standard InChI is InChI=1S/C22H25Cl2FN2O2/c1-14(21(29)26-22(2,3)4)27(13-16-7-5-6-8-19(16)25)20(28)12-15-9-10-17(23)18(24)11-15/h5-11,14H,12-13H2,1-4H3,(H,26,29)/t14-/m1/s1. The molecule has 0 spiro atoms. The molecule has 156 valence electrons. The van der Waals surface area contributed by atoms with Gasteiger partial charge in [-0.15, -0.1) is 0 Å². The Balaban J connectivity index is 2.29. The van der Waals surface area contributed by atoms with Crippen molar-refractivity contribution in [1.29, 1.82) is 0 Å². The number of nitrogens with zero attached hydrogens (tertiary/aromatic N) is 1. The number of nitrogens with one attached hydrogen (secondary N) is 1. The molecular formula is C22H25Cl2FN2O2. The van der Waals surface area contributed by atoms with E-state index >= 15 is 0 Å². The van der Waals surface area contributed by atoms with E-state index in [2.05, 4.69) is 5.32 Å². The average molecular weight is 439 g/mol. The van der Waals surface area contributed by atoms with E-state index in [9.17, 15) is 14.0 Å². The van der Waals surface area contributed by atoms with E-state index in [0.29, 0.717) is 21.2 Å². The largest absolute Gasteiger partial charge is 0.350 e. The quantitative estimate of drug-likeness (QED) is 0.688. The van der Waals surface area contributed by atoms with Crippen LogP contribution in [0.25, 0.3) is 0 Å². The molecule has 0 bridgehead atoms. The number of rotatable bonds is 6. The normalized spacial score (nSPS) is 12.4. The lowest BCUT2D eigenvalue weighted by Gasteiger charge is -2.31. The first kappa shape index (κ1) is 23.2. The van der Waals surface area contributed by atoms with Crippen molar-refractivity contribution in [1.82, 2.24) is 10.2 Å². The Morgan fingerprint density at radius 3 is 2.34 bits per heavy atom. The smallest absolute Gasteiger partial charge is 0.242 e. The zero-order valence-corrected chi connectivity index (χ0v) is 18.4. The van der Waals surface area contributed by atoms with Gasteiger partial charge in [0.2, 0.25) is 11.8 Å². The summed E-state index contributed by atoms with van der Waals surface area (Å²) in [6.45, 7) is 7.18. The summed E-state index contributed by atoms with van der Waals surface area (Å²) >= 11 is 12.0. The first-order chi connectivity index (χ1) is 13.5. The fraction of sp³-hybridized carbons (Fsp3) is 0.364. The van der Waals surface area contributed by atoms with Gasteiger partial charge in [0, 0.05) is 17.6 Å². The van der Waals surface area contributed by atoms with E-state index in [1.807, 2.05) is 20.8 Å². The Labute approximate surface area is 181 Å². The highest BCUT2D eigenvalue weighted by atomic mass is 35.5. The van der Waals surface area contributed by atoms with Crippen molar-refractivity contribution in [3.05, 3.63) is 69.5 Å². The summed E-state index contributed by atoms with van der Waals surface area (Å²) < 4.78 is 14.2. The van der Waals surface area contributed by atoms with Gasteiger partial charge in [-0.1, -0.05) is 47.5 Å². The predicted molar refractivity (Wildman–Crippen MR) is 114 cm³/mol. The molecule has 2 amide bonds. The van der Waals surface area contributed by atoms with Crippen LogP contribution in [0.4, 0.5) is 4.39 Å². The van der Waals surface area contributed by atoms with Gasteiger partial charge in [0.15, 0.2) is 0 Å². The van der Waals surface area contributed by atoms with Crippen LogP contribution in [0.3, 0.4) is 0 Å². The highest BCUT2D eigenvalue weighted by Gasteiger charge is 2.29. The zero-order chi connectivity index (χ0) is 21.8. The lowest BCUT2D eigenvalue weighted by atomic mass is 10.1. The molecule has 0 aliphatic rings. The summed E-state index contributed by atoms with van der Waals surface area (Å²) in [5.41, 5.74) is 0.540. The number of benzene rings is 2. The summed E-state index contributed by atoms with van der Waals surface area (Å²) in [7, 11) is 0. The topological polar surface area (TPSA) is 49.4 Å². The molecule has 4 nitrogen and oxygen atoms in total. The van der Waals surface area contributed by atoms with Gasteiger partial charge in [-0.05, 0) is 51.5 Å². The minimum absolute atomic E-state index is 0.0124. The lowest BCUT2D eigenvalue weighted by Crippen LogP contribution is -2.52. The third-order valence-corrected chi connectivity index (χ3v) is 5.04. The van der Waals surface area contributed by atoms with Gasteiger partial charge in [-0.25, -0.2) is 4.39 Å². The van der Waals surface area contributed by atoms with Gasteiger partial charge >= 0.3 is 0 Å². The predicted octanol–water partition coefficient (Wildman–Crippen LogP) is 5.01. The Bertz CT molecular complexity index is 897. The number of carbonyl (C=O) groups is 2. The second kappa shape index (κ2) is 9.59. The number of hydrogen-bond donors (Lipinski definition) is 1. The molecule has 29 heavy (non-hydrogen) atoms. The van der Waals surface area contributed by atoms with Crippen LogP contribution in [-0.2, 0) is 22.6 Å². The molecule has 2 aromatic rings. The van der Waals surface area contributed by atoms with Gasteiger partial charge in [0.25, 0.3) is 0 Å². The summed E-state index contributed by atoms with van der Waals surface area (Å²) in [4.78, 5) is 27.2. The molecule has 0 fully saturated rings. The molecule has 2 aromatic carbocycles. The van der Waals surface area contributed by atoms with Crippen molar-refractivity contribution >= 4 is 35.0 Å². The number of carbonyl (C=O) groups excluding carboxylic acids is 2. The zero-order valence-electron chi connectivity index (χ0n) is 16.9. The summed E-state index contributed by atoms with van der Waals surface area (Å²) in [6.07, 6.45) is 0.0124. The fourth-order valence-electron chi connectivity index (χ4n) is 2.79. The van der Waals surface area contributed by atoms with Gasteiger partial charge in [0.05, 0.1) is 16.5 Å². The van der Waals surface area contributed by atoms with Crippen LogP contribution in [0.5, 0.6) is 0 Å². The van der Waals surface area contributed by atoms with Crippen molar-refractivity contribution in [2.45, 2.75) is 52.2 Å². The highest BCUT2D eigenvalue weighted by Crippen LogP contribution is 2.23. The summed E-state index contributed by atoms with van der Waals surface area (Å²) in [5.74, 6) is -1.05. The Hall–Kier alpha value is -2.11. The van der Waals surface area contributed by atoms with Crippen LogP contribution in [0.1, 0.15) is 38.8 Å². The molecule has 0 saturated carbocycles. The maximum Gasteiger partial charge on any atom is 0.242 e. The monoisotopic (exact) mass is 438 g/mol. The van der Waals surface area contributed by atoms with E-state index in [1.165, 1.54) is 11.0 Å². The second-order valence-corrected chi connectivity index (χ2v) is 8.77. The van der Waals surface area contributed by atoms with Crippen molar-refractivity contribution < 1.29 is 14.0 Å². The third-order valence-electron chi connectivity index (χ3n) is 4.30. The molecule has 2 rings (SSSR count). The fourth-order valence-corrected chi connectivity index (χ4v) is 3.11. The third kappa shape index (κ3) is 6.72. The minimum atomic E-state index is -0.788. The molecule has 0 unspecified atom stereocenters. The number of amides is 2. The van der Waals surface area contributed by atoms with E-state index in [-0.39, 0.29) is 24.8 Å². The van der Waals surface area contributed by atoms with Gasteiger partial charge < -0.3 is 10.2 Å². The molecule has 0 aliphatic carbocycles. The first-order valence-corrected chi connectivity index (χ1v) is 10.0. The van der Waals surface area contributed by atoms with Crippen LogP contribution >= 0.6 is 23.2 Å². The number of halogens is 3. The maximum absolute atomic E-state index is 14.2. The van der Waals surface area contributed by atoms with Crippen LogP contribution in [0, 0.1) is 5.82 Å². The van der Waals surface area contributed by atoms with E-state index in [0.717, 1.165) is 0 Å². The molecule has 0 radical (unpaired) electrons. The molecule has 1 N–H and O–H groups in total. The average Bonchev–Trinajstić information content (AvgIpc) is 2.62. The number of hydrogen-bond acceptors (Lipinski definition) is 2. The summed E-state index contributed by atoms with van der Waals surface area (Å²) in [6, 6.07) is 10.3. The second-order valence-electron chi connectivity index (χ2n) is 7.95. The van der Waals surface area contributed by atoms with Gasteiger partial charge in [-0.3, -0.25) is 9.59 Å². The molecule has 0 saturated heterocycles. The van der Waals surface area contributed by atoms with Crippen LogP contribution in [0.15, 0.2) is 42.5 Å². The molecular weight excluding hydrogens is 414 g/mol. The van der Waals surface area contributed by atoms with E-state index in [1.54, 1.807) is 43.3 Å². The molecule has 0 aromatic heterocycles. The SMILES string of the molecule is C[C@H](C(=O)NC(C)(C)C)N(Cc1ccccc1F)C(=O)Cc1ccc(Cl)c(Cl)c1. The molecule has 1 atom stereocenters. The minimum Gasteiger partial charge on any atom is -0.350 e. The highest BCUT2D eigenvalue weighted by molar-refractivity contribution is 6.42. The van der Waals surface area contributed by atoms with Crippen LogP contribution < -0.4 is 5.32 Å². The maximum atomic E-state index is 14.2. The Morgan fingerprint density at radius 2 is 1.76 bits per heavy atom. The van der Waals surface area contributed by atoms with Gasteiger partial charge in [0.1, 0.15) is 11.9 Å².